The number of imidazole rings is 1. The van der Waals surface area contributed by atoms with E-state index in [-0.39, 0.29) is 5.91 Å². The summed E-state index contributed by atoms with van der Waals surface area (Å²) >= 11 is 1.82. The van der Waals surface area contributed by atoms with Crippen LogP contribution in [-0.2, 0) is 11.3 Å². The Morgan fingerprint density at radius 3 is 2.11 bits per heavy atom. The SMILES string of the molecule is CCCCCCCCCC(=O)NCCCCSc1nc(-c2ccccc2)c(-c2ccccc2)n1CC. The summed E-state index contributed by atoms with van der Waals surface area (Å²) in [6, 6.07) is 21.0. The Labute approximate surface area is 222 Å². The maximum atomic E-state index is 12.1. The van der Waals surface area contributed by atoms with Crippen LogP contribution in [0, 0.1) is 0 Å². The molecule has 3 aromatic rings. The first-order valence-corrected chi connectivity index (χ1v) is 14.8. The van der Waals surface area contributed by atoms with E-state index in [1.54, 1.807) is 0 Å². The minimum absolute atomic E-state index is 0.206. The van der Waals surface area contributed by atoms with Crippen molar-refractivity contribution in [2.45, 2.75) is 89.8 Å². The number of hydrogen-bond acceptors (Lipinski definition) is 3. The lowest BCUT2D eigenvalue weighted by molar-refractivity contribution is -0.121. The van der Waals surface area contributed by atoms with Crippen LogP contribution in [0.2, 0.25) is 0 Å². The Balaban J connectivity index is 1.46. The van der Waals surface area contributed by atoms with Gasteiger partial charge in [-0.1, -0.05) is 118 Å². The molecule has 0 radical (unpaired) electrons. The number of unbranched alkanes of at least 4 members (excludes halogenated alkanes) is 7. The quantitative estimate of drug-likeness (QED) is 0.148. The van der Waals surface area contributed by atoms with Crippen LogP contribution < -0.4 is 5.32 Å². The zero-order valence-corrected chi connectivity index (χ0v) is 23.0. The average Bonchev–Trinajstić information content (AvgIpc) is 3.29. The Bertz CT molecular complexity index is 1020. The van der Waals surface area contributed by atoms with Gasteiger partial charge in [0, 0.05) is 36.4 Å². The predicted octanol–water partition coefficient (Wildman–Crippen LogP) is 8.37. The van der Waals surface area contributed by atoms with E-state index in [2.05, 4.69) is 78.3 Å². The Morgan fingerprint density at radius 2 is 1.44 bits per heavy atom. The van der Waals surface area contributed by atoms with E-state index in [9.17, 15) is 4.79 Å². The zero-order valence-electron chi connectivity index (χ0n) is 22.2. The van der Waals surface area contributed by atoms with Gasteiger partial charge in [-0.2, -0.15) is 0 Å². The highest BCUT2D eigenvalue weighted by Gasteiger charge is 2.19. The highest BCUT2D eigenvalue weighted by molar-refractivity contribution is 7.99. The monoisotopic (exact) mass is 505 g/mol. The fourth-order valence-corrected chi connectivity index (χ4v) is 5.53. The summed E-state index contributed by atoms with van der Waals surface area (Å²) in [4.78, 5) is 17.2. The van der Waals surface area contributed by atoms with Gasteiger partial charge in [-0.05, 0) is 26.2 Å². The molecule has 1 N–H and O–H groups in total. The van der Waals surface area contributed by atoms with Crippen LogP contribution in [-0.4, -0.2) is 27.8 Å². The molecule has 0 atom stereocenters. The third kappa shape index (κ3) is 8.85. The second-order valence-corrected chi connectivity index (χ2v) is 10.4. The normalized spacial score (nSPS) is 11.1. The van der Waals surface area contributed by atoms with Gasteiger partial charge < -0.3 is 9.88 Å². The highest BCUT2D eigenvalue weighted by atomic mass is 32.2. The number of carbonyl (C=O) groups excluding carboxylic acids is 1. The van der Waals surface area contributed by atoms with E-state index in [0.29, 0.717) is 6.42 Å². The van der Waals surface area contributed by atoms with E-state index < -0.39 is 0 Å². The van der Waals surface area contributed by atoms with Crippen LogP contribution >= 0.6 is 11.8 Å². The predicted molar refractivity (Wildman–Crippen MR) is 154 cm³/mol. The van der Waals surface area contributed by atoms with Crippen LogP contribution in [0.15, 0.2) is 65.8 Å². The molecule has 0 bridgehead atoms. The molecular formula is C31H43N3OS. The van der Waals surface area contributed by atoms with Gasteiger partial charge in [-0.15, -0.1) is 0 Å². The minimum Gasteiger partial charge on any atom is -0.356 e. The summed E-state index contributed by atoms with van der Waals surface area (Å²) in [5, 5.41) is 4.17. The van der Waals surface area contributed by atoms with Gasteiger partial charge in [0.1, 0.15) is 0 Å². The molecule has 36 heavy (non-hydrogen) atoms. The molecule has 0 saturated carbocycles. The molecule has 0 aliphatic carbocycles. The van der Waals surface area contributed by atoms with Crippen molar-refractivity contribution in [3.8, 4) is 22.5 Å². The molecule has 194 valence electrons. The lowest BCUT2D eigenvalue weighted by atomic mass is 10.0. The minimum atomic E-state index is 0.206. The molecule has 0 aliphatic heterocycles. The first kappa shape index (κ1) is 28.0. The van der Waals surface area contributed by atoms with Gasteiger partial charge >= 0.3 is 0 Å². The van der Waals surface area contributed by atoms with E-state index in [0.717, 1.165) is 54.5 Å². The molecule has 0 unspecified atom stereocenters. The first-order chi connectivity index (χ1) is 17.7. The standard InChI is InChI=1S/C31H43N3OS/c1-3-5-6-7-8-9-16-23-28(35)32-24-17-18-25-36-31-33-29(26-19-12-10-13-20-26)30(34(31)4-2)27-21-14-11-15-22-27/h10-15,19-22H,3-9,16-18,23-25H2,1-2H3,(H,32,35). The van der Waals surface area contributed by atoms with Crippen LogP contribution in [0.25, 0.3) is 22.5 Å². The molecule has 2 aromatic carbocycles. The van der Waals surface area contributed by atoms with Gasteiger partial charge in [0.2, 0.25) is 5.91 Å². The van der Waals surface area contributed by atoms with E-state index in [1.165, 1.54) is 49.8 Å². The topological polar surface area (TPSA) is 46.9 Å². The van der Waals surface area contributed by atoms with Crippen molar-refractivity contribution >= 4 is 17.7 Å². The number of benzene rings is 2. The van der Waals surface area contributed by atoms with Crippen molar-refractivity contribution in [1.29, 1.82) is 0 Å². The second-order valence-electron chi connectivity index (χ2n) is 9.34. The smallest absolute Gasteiger partial charge is 0.219 e. The first-order valence-electron chi connectivity index (χ1n) is 13.9. The van der Waals surface area contributed by atoms with Crippen molar-refractivity contribution in [1.82, 2.24) is 14.9 Å². The molecule has 5 heteroatoms. The van der Waals surface area contributed by atoms with Gasteiger partial charge in [0.05, 0.1) is 11.4 Å². The highest BCUT2D eigenvalue weighted by Crippen LogP contribution is 2.36. The number of hydrogen-bond donors (Lipinski definition) is 1. The summed E-state index contributed by atoms with van der Waals surface area (Å²) in [6.45, 7) is 6.07. The van der Waals surface area contributed by atoms with Gasteiger partial charge in [0.25, 0.3) is 0 Å². The summed E-state index contributed by atoms with van der Waals surface area (Å²) in [6.07, 6.45) is 11.4. The van der Waals surface area contributed by atoms with Crippen LogP contribution in [0.4, 0.5) is 0 Å². The van der Waals surface area contributed by atoms with Crippen molar-refractivity contribution in [3.05, 3.63) is 60.7 Å². The van der Waals surface area contributed by atoms with Gasteiger partial charge in [-0.3, -0.25) is 4.79 Å². The largest absolute Gasteiger partial charge is 0.356 e. The summed E-state index contributed by atoms with van der Waals surface area (Å²) < 4.78 is 2.34. The summed E-state index contributed by atoms with van der Waals surface area (Å²) in [5.74, 6) is 1.20. The third-order valence-corrected chi connectivity index (χ3v) is 7.54. The number of rotatable bonds is 17. The van der Waals surface area contributed by atoms with E-state index >= 15 is 0 Å². The van der Waals surface area contributed by atoms with Gasteiger partial charge in [0.15, 0.2) is 5.16 Å². The van der Waals surface area contributed by atoms with Gasteiger partial charge in [-0.25, -0.2) is 4.98 Å². The Hall–Kier alpha value is -2.53. The summed E-state index contributed by atoms with van der Waals surface area (Å²) in [5.41, 5.74) is 4.57. The Morgan fingerprint density at radius 1 is 0.806 bits per heavy atom. The number of amides is 1. The molecule has 0 fully saturated rings. The Kier molecular flexibility index (Phi) is 12.7. The number of nitrogens with one attached hydrogen (secondary N) is 1. The fraction of sp³-hybridized carbons (Fsp3) is 0.484. The van der Waals surface area contributed by atoms with Crippen molar-refractivity contribution < 1.29 is 4.79 Å². The fourth-order valence-electron chi connectivity index (χ4n) is 4.47. The van der Waals surface area contributed by atoms with Crippen LogP contribution in [0.5, 0.6) is 0 Å². The molecule has 0 aliphatic rings. The number of nitrogens with zero attached hydrogens (tertiary/aromatic N) is 2. The zero-order chi connectivity index (χ0) is 25.4. The average molecular weight is 506 g/mol. The van der Waals surface area contributed by atoms with E-state index in [4.69, 9.17) is 4.98 Å². The molecule has 1 heterocycles. The maximum absolute atomic E-state index is 12.1. The molecule has 0 saturated heterocycles. The number of carbonyl (C=O) groups is 1. The van der Waals surface area contributed by atoms with Crippen molar-refractivity contribution in [2.24, 2.45) is 0 Å². The molecule has 0 spiro atoms. The van der Waals surface area contributed by atoms with Crippen molar-refractivity contribution in [2.75, 3.05) is 12.3 Å². The maximum Gasteiger partial charge on any atom is 0.219 e. The third-order valence-electron chi connectivity index (χ3n) is 6.48. The molecule has 1 amide bonds. The lowest BCUT2D eigenvalue weighted by Gasteiger charge is -2.11. The van der Waals surface area contributed by atoms with Crippen LogP contribution in [0.3, 0.4) is 0 Å². The molecule has 4 nitrogen and oxygen atoms in total. The van der Waals surface area contributed by atoms with E-state index in [1.807, 2.05) is 17.8 Å². The van der Waals surface area contributed by atoms with Crippen LogP contribution in [0.1, 0.15) is 78.1 Å². The van der Waals surface area contributed by atoms with Crippen molar-refractivity contribution in [3.63, 3.8) is 0 Å². The second kappa shape index (κ2) is 16.3. The lowest BCUT2D eigenvalue weighted by Crippen LogP contribution is -2.24. The summed E-state index contributed by atoms with van der Waals surface area (Å²) in [7, 11) is 0. The molecule has 1 aromatic heterocycles. The number of thioether (sulfide) groups is 1. The molecular weight excluding hydrogens is 462 g/mol. The molecule has 3 rings (SSSR count). The number of aromatic nitrogens is 2.